The molecule has 0 spiro atoms. The van der Waals surface area contributed by atoms with E-state index in [2.05, 4.69) is 10.4 Å². The van der Waals surface area contributed by atoms with Crippen LogP contribution in [0.25, 0.3) is 0 Å². The third-order valence-corrected chi connectivity index (χ3v) is 7.04. The third kappa shape index (κ3) is 5.83. The Morgan fingerprint density at radius 3 is 2.63 bits per heavy atom. The first-order chi connectivity index (χ1) is 14.1. The number of aliphatic hydroxyl groups is 1. The highest BCUT2D eigenvalue weighted by molar-refractivity contribution is 7.90. The molecule has 1 aliphatic rings. The van der Waals surface area contributed by atoms with Crippen molar-refractivity contribution in [2.75, 3.05) is 11.6 Å². The number of benzene rings is 1. The van der Waals surface area contributed by atoms with Crippen LogP contribution in [0.3, 0.4) is 0 Å². The summed E-state index contributed by atoms with van der Waals surface area (Å²) in [5.74, 6) is 0.200. The summed E-state index contributed by atoms with van der Waals surface area (Å²) in [5, 5.41) is 16.8. The fraction of sp³-hybridized carbons (Fsp3) is 0.524. The number of anilines is 1. The van der Waals surface area contributed by atoms with Crippen molar-refractivity contribution in [3.63, 3.8) is 0 Å². The van der Waals surface area contributed by atoms with Gasteiger partial charge in [0.05, 0.1) is 28.5 Å². The van der Waals surface area contributed by atoms with Gasteiger partial charge in [-0.1, -0.05) is 43.4 Å². The van der Waals surface area contributed by atoms with Crippen LogP contribution in [0, 0.1) is 5.92 Å². The zero-order valence-electron chi connectivity index (χ0n) is 17.2. The predicted molar refractivity (Wildman–Crippen MR) is 116 cm³/mol. The minimum absolute atomic E-state index is 0.0600. The molecule has 7 nitrogen and oxygen atoms in total. The number of hydrogen-bond donors (Lipinski definition) is 2. The molecule has 0 unspecified atom stereocenters. The molecule has 0 bridgehead atoms. The highest BCUT2D eigenvalue weighted by Crippen LogP contribution is 2.36. The molecule has 1 saturated carbocycles. The molecule has 0 saturated heterocycles. The Bertz CT molecular complexity index is 997. The van der Waals surface area contributed by atoms with E-state index in [1.54, 1.807) is 36.0 Å². The fourth-order valence-electron chi connectivity index (χ4n) is 4.02. The zero-order valence-corrected chi connectivity index (χ0v) is 18.8. The first-order valence-corrected chi connectivity index (χ1v) is 12.4. The minimum atomic E-state index is -3.44. The highest BCUT2D eigenvalue weighted by Gasteiger charge is 2.28. The lowest BCUT2D eigenvalue weighted by molar-refractivity contribution is -0.118. The molecule has 2 N–H and O–H groups in total. The van der Waals surface area contributed by atoms with Crippen molar-refractivity contribution in [2.24, 2.45) is 5.92 Å². The van der Waals surface area contributed by atoms with Gasteiger partial charge in [0.25, 0.3) is 0 Å². The smallest absolute Gasteiger partial charge is 0.233 e. The van der Waals surface area contributed by atoms with Crippen molar-refractivity contribution in [1.29, 1.82) is 0 Å². The molecule has 164 valence electrons. The molecule has 2 atom stereocenters. The lowest BCUT2D eigenvalue weighted by Gasteiger charge is -2.21. The predicted octanol–water partition coefficient (Wildman–Crippen LogP) is 3.62. The van der Waals surface area contributed by atoms with Crippen LogP contribution in [-0.2, 0) is 21.2 Å². The molecule has 3 rings (SSSR count). The van der Waals surface area contributed by atoms with Crippen molar-refractivity contribution in [1.82, 2.24) is 9.78 Å². The summed E-state index contributed by atoms with van der Waals surface area (Å²) < 4.78 is 25.3. The lowest BCUT2D eigenvalue weighted by atomic mass is 9.87. The molecule has 30 heavy (non-hydrogen) atoms. The monoisotopic (exact) mass is 453 g/mol. The quantitative estimate of drug-likeness (QED) is 0.635. The van der Waals surface area contributed by atoms with Gasteiger partial charge in [-0.05, 0) is 37.0 Å². The molecule has 1 aromatic carbocycles. The van der Waals surface area contributed by atoms with E-state index >= 15 is 0 Å². The number of carbonyl (C=O) groups is 1. The van der Waals surface area contributed by atoms with Gasteiger partial charge in [0.1, 0.15) is 0 Å². The van der Waals surface area contributed by atoms with Crippen molar-refractivity contribution >= 4 is 33.2 Å². The third-order valence-electron chi connectivity index (χ3n) is 5.46. The fourth-order valence-corrected chi connectivity index (χ4v) is 5.36. The molecule has 1 aromatic heterocycles. The summed E-state index contributed by atoms with van der Waals surface area (Å²) in [5.41, 5.74) is 0.695. The second kappa shape index (κ2) is 9.49. The number of nitrogens with one attached hydrogen (secondary N) is 1. The maximum atomic E-state index is 13.2. The number of amides is 1. The van der Waals surface area contributed by atoms with Gasteiger partial charge in [-0.3, -0.25) is 9.48 Å². The van der Waals surface area contributed by atoms with E-state index in [4.69, 9.17) is 11.6 Å². The van der Waals surface area contributed by atoms with Crippen LogP contribution in [0.15, 0.2) is 35.4 Å². The van der Waals surface area contributed by atoms with Crippen LogP contribution in [0.5, 0.6) is 0 Å². The number of carbonyl (C=O) groups excluding carboxylic acids is 1. The standard InChI is InChI=1S/C21H28ClN3O4S/c1-14(26)13-25-10-9-20(24-25)23-21(27)17(11-15-5-3-4-6-15)16-7-8-19(18(22)12-16)30(2,28)29/h7-10,12,14-15,17,26H,3-6,11,13H2,1-2H3,(H,23,24,27)/t14-,17+/m0/s1. The first-order valence-electron chi connectivity index (χ1n) is 10.2. The van der Waals surface area contributed by atoms with E-state index < -0.39 is 21.9 Å². The summed E-state index contributed by atoms with van der Waals surface area (Å²) >= 11 is 6.24. The summed E-state index contributed by atoms with van der Waals surface area (Å²) in [6.45, 7) is 2.01. The molecule has 0 aliphatic heterocycles. The van der Waals surface area contributed by atoms with Crippen molar-refractivity contribution in [2.45, 2.75) is 62.5 Å². The molecule has 2 aromatic rings. The Morgan fingerprint density at radius 2 is 2.03 bits per heavy atom. The van der Waals surface area contributed by atoms with Gasteiger partial charge >= 0.3 is 0 Å². The van der Waals surface area contributed by atoms with Crippen LogP contribution in [0.4, 0.5) is 5.82 Å². The second-order valence-electron chi connectivity index (χ2n) is 8.16. The largest absolute Gasteiger partial charge is 0.391 e. The Balaban J connectivity index is 1.84. The van der Waals surface area contributed by atoms with E-state index in [-0.39, 0.29) is 15.8 Å². The number of nitrogens with zero attached hydrogens (tertiary/aromatic N) is 2. The maximum Gasteiger partial charge on any atom is 0.233 e. The summed E-state index contributed by atoms with van der Waals surface area (Å²) in [7, 11) is -3.44. The SMILES string of the molecule is C[C@H](O)Cn1ccc(NC(=O)[C@H](CC2CCCC2)c2ccc(S(C)(=O)=O)c(Cl)c2)n1. The van der Waals surface area contributed by atoms with Gasteiger partial charge < -0.3 is 10.4 Å². The van der Waals surface area contributed by atoms with E-state index in [0.29, 0.717) is 30.3 Å². The van der Waals surface area contributed by atoms with Crippen LogP contribution in [0.1, 0.15) is 50.5 Å². The zero-order chi connectivity index (χ0) is 21.9. The van der Waals surface area contributed by atoms with Gasteiger partial charge in [0, 0.05) is 18.5 Å². The van der Waals surface area contributed by atoms with Crippen LogP contribution < -0.4 is 5.32 Å². The van der Waals surface area contributed by atoms with E-state index in [0.717, 1.165) is 31.9 Å². The number of rotatable bonds is 8. The van der Waals surface area contributed by atoms with Crippen molar-refractivity contribution < 1.29 is 18.3 Å². The van der Waals surface area contributed by atoms with Gasteiger partial charge in [-0.2, -0.15) is 5.10 Å². The maximum absolute atomic E-state index is 13.2. The van der Waals surface area contributed by atoms with Gasteiger partial charge in [-0.15, -0.1) is 0 Å². The Morgan fingerprint density at radius 1 is 1.33 bits per heavy atom. The lowest BCUT2D eigenvalue weighted by Crippen LogP contribution is -2.24. The molecule has 1 amide bonds. The van der Waals surface area contributed by atoms with Crippen LogP contribution in [-0.4, -0.2) is 41.6 Å². The summed E-state index contributed by atoms with van der Waals surface area (Å²) in [6.07, 6.45) is 7.44. The Labute approximate surface area is 182 Å². The molecule has 0 radical (unpaired) electrons. The molecular weight excluding hydrogens is 426 g/mol. The number of halogens is 1. The average molecular weight is 454 g/mol. The Hall–Kier alpha value is -1.90. The minimum Gasteiger partial charge on any atom is -0.391 e. The molecule has 9 heteroatoms. The van der Waals surface area contributed by atoms with Crippen LogP contribution >= 0.6 is 11.6 Å². The normalized spacial score (nSPS) is 17.1. The van der Waals surface area contributed by atoms with Crippen molar-refractivity contribution in [3.05, 3.63) is 41.0 Å². The number of aromatic nitrogens is 2. The molecule has 1 aliphatic carbocycles. The average Bonchev–Trinajstić information content (AvgIpc) is 3.30. The molecule has 1 heterocycles. The van der Waals surface area contributed by atoms with E-state index in [1.165, 1.54) is 6.07 Å². The van der Waals surface area contributed by atoms with E-state index in [1.807, 2.05) is 0 Å². The first kappa shape index (κ1) is 22.8. The van der Waals surface area contributed by atoms with Crippen LogP contribution in [0.2, 0.25) is 5.02 Å². The number of hydrogen-bond acceptors (Lipinski definition) is 5. The summed E-state index contributed by atoms with van der Waals surface area (Å²) in [4.78, 5) is 13.2. The molecular formula is C21H28ClN3O4S. The topological polar surface area (TPSA) is 101 Å². The number of sulfone groups is 1. The summed E-state index contributed by atoms with van der Waals surface area (Å²) in [6, 6.07) is 6.42. The molecule has 1 fully saturated rings. The highest BCUT2D eigenvalue weighted by atomic mass is 35.5. The van der Waals surface area contributed by atoms with Gasteiger partial charge in [0.2, 0.25) is 5.91 Å². The van der Waals surface area contributed by atoms with E-state index in [9.17, 15) is 18.3 Å². The van der Waals surface area contributed by atoms with Gasteiger partial charge in [0.15, 0.2) is 15.7 Å². The Kier molecular flexibility index (Phi) is 7.21. The number of aliphatic hydroxyl groups excluding tert-OH is 1. The van der Waals surface area contributed by atoms with Crippen molar-refractivity contribution in [3.8, 4) is 0 Å². The van der Waals surface area contributed by atoms with Gasteiger partial charge in [-0.25, -0.2) is 8.42 Å². The second-order valence-corrected chi connectivity index (χ2v) is 10.6.